The number of benzene rings is 3. The topological polar surface area (TPSA) is 46.6 Å². The molecule has 0 saturated carbocycles. The summed E-state index contributed by atoms with van der Waals surface area (Å²) in [5.41, 5.74) is 4.00. The van der Waals surface area contributed by atoms with Crippen molar-refractivity contribution in [2.75, 3.05) is 0 Å². The van der Waals surface area contributed by atoms with E-state index in [1.54, 1.807) is 18.2 Å². The van der Waals surface area contributed by atoms with Crippen LogP contribution in [0.1, 0.15) is 41.0 Å². The van der Waals surface area contributed by atoms with Gasteiger partial charge in [-0.1, -0.05) is 83.9 Å². The van der Waals surface area contributed by atoms with E-state index >= 15 is 0 Å². The first kappa shape index (κ1) is 21.5. The fraction of sp³-hybridized carbons (Fsp3) is 0.231. The largest absolute Gasteiger partial charge is 0.350 e. The molecule has 160 valence electrons. The summed E-state index contributed by atoms with van der Waals surface area (Å²) in [6.07, 6.45) is 1.22. The minimum absolute atomic E-state index is 0.238. The highest BCUT2D eigenvalue weighted by Crippen LogP contribution is 2.43. The molecule has 3 aromatic rings. The van der Waals surface area contributed by atoms with Gasteiger partial charge in [0.25, 0.3) is 0 Å². The summed E-state index contributed by atoms with van der Waals surface area (Å²) in [4.78, 5) is 0.253. The molecule has 5 heteroatoms. The molecule has 1 aliphatic heterocycles. The van der Waals surface area contributed by atoms with Gasteiger partial charge in [0.1, 0.15) is 0 Å². The van der Waals surface area contributed by atoms with Crippen molar-refractivity contribution in [3.8, 4) is 0 Å². The van der Waals surface area contributed by atoms with E-state index in [2.05, 4.69) is 18.7 Å². The van der Waals surface area contributed by atoms with E-state index in [1.165, 1.54) is 9.87 Å². The molecule has 0 aliphatic carbocycles. The Morgan fingerprint density at radius 2 is 1.45 bits per heavy atom. The smallest absolute Gasteiger partial charge is 0.246 e. The van der Waals surface area contributed by atoms with Crippen LogP contribution in [0.25, 0.3) is 0 Å². The Bertz CT molecular complexity index is 1140. The number of sulfonamides is 1. The molecule has 4 nitrogen and oxygen atoms in total. The maximum Gasteiger partial charge on any atom is 0.246 e. The predicted molar refractivity (Wildman–Crippen MR) is 123 cm³/mol. The number of nitrogens with zero attached hydrogens (tertiary/aromatic N) is 1. The summed E-state index contributed by atoms with van der Waals surface area (Å²) in [7, 11) is -3.81. The van der Waals surface area contributed by atoms with Gasteiger partial charge in [0.2, 0.25) is 10.0 Å². The van der Waals surface area contributed by atoms with Crippen LogP contribution in [0.4, 0.5) is 0 Å². The second-order valence-corrected chi connectivity index (χ2v) is 9.83. The van der Waals surface area contributed by atoms with E-state index in [4.69, 9.17) is 4.74 Å². The molecule has 0 bridgehead atoms. The van der Waals surface area contributed by atoms with E-state index < -0.39 is 22.3 Å². The van der Waals surface area contributed by atoms with Crippen LogP contribution in [-0.2, 0) is 14.8 Å². The Morgan fingerprint density at radius 3 is 2.03 bits per heavy atom. The van der Waals surface area contributed by atoms with Gasteiger partial charge in [0.15, 0.2) is 6.23 Å². The van der Waals surface area contributed by atoms with Crippen molar-refractivity contribution in [1.29, 1.82) is 0 Å². The maximum absolute atomic E-state index is 13.7. The van der Waals surface area contributed by atoms with Gasteiger partial charge in [-0.25, -0.2) is 8.42 Å². The van der Waals surface area contributed by atoms with Crippen LogP contribution in [0.2, 0.25) is 0 Å². The van der Waals surface area contributed by atoms with Crippen LogP contribution < -0.4 is 0 Å². The van der Waals surface area contributed by atoms with Crippen LogP contribution in [0, 0.1) is 13.8 Å². The highest BCUT2D eigenvalue weighted by Gasteiger charge is 2.43. The van der Waals surface area contributed by atoms with Gasteiger partial charge in [0, 0.05) is 6.04 Å². The summed E-state index contributed by atoms with van der Waals surface area (Å²) in [5, 5.41) is 0. The molecule has 31 heavy (non-hydrogen) atoms. The molecule has 0 spiro atoms. The van der Waals surface area contributed by atoms with Gasteiger partial charge in [-0.3, -0.25) is 0 Å². The third-order valence-corrected chi connectivity index (χ3v) is 7.59. The lowest BCUT2D eigenvalue weighted by atomic mass is 9.98. The molecular formula is C26H27NO3S. The molecule has 0 amide bonds. The Kier molecular flexibility index (Phi) is 6.10. The predicted octanol–water partition coefficient (Wildman–Crippen LogP) is 5.71. The van der Waals surface area contributed by atoms with Gasteiger partial charge >= 0.3 is 0 Å². The number of rotatable bonds is 5. The highest BCUT2D eigenvalue weighted by molar-refractivity contribution is 7.89. The molecule has 3 aromatic carbocycles. The van der Waals surface area contributed by atoms with Gasteiger partial charge < -0.3 is 4.74 Å². The fourth-order valence-corrected chi connectivity index (χ4v) is 5.62. The normalized spacial score (nSPS) is 22.2. The first-order chi connectivity index (χ1) is 14.9. The van der Waals surface area contributed by atoms with Crippen molar-refractivity contribution in [2.24, 2.45) is 0 Å². The van der Waals surface area contributed by atoms with Gasteiger partial charge in [0.05, 0.1) is 11.0 Å². The van der Waals surface area contributed by atoms with Crippen molar-refractivity contribution in [1.82, 2.24) is 4.31 Å². The molecule has 1 aliphatic rings. The summed E-state index contributed by atoms with van der Waals surface area (Å²) >= 11 is 0. The average Bonchev–Trinajstić information content (AvgIpc) is 2.79. The summed E-state index contributed by atoms with van der Waals surface area (Å²) in [6, 6.07) is 24.2. The third-order valence-electron chi connectivity index (χ3n) is 5.71. The Balaban J connectivity index is 1.79. The second-order valence-electron chi connectivity index (χ2n) is 7.99. The number of aryl methyl sites for hydroxylation is 2. The molecule has 0 radical (unpaired) electrons. The van der Waals surface area contributed by atoms with Gasteiger partial charge in [-0.05, 0) is 43.5 Å². The number of ether oxygens (including phenoxy) is 1. The summed E-state index contributed by atoms with van der Waals surface area (Å²) in [5.74, 6) is 0. The van der Waals surface area contributed by atoms with Crippen molar-refractivity contribution < 1.29 is 13.2 Å². The van der Waals surface area contributed by atoms with Crippen LogP contribution in [-0.4, -0.2) is 18.8 Å². The van der Waals surface area contributed by atoms with E-state index in [0.29, 0.717) is 6.42 Å². The Labute approximate surface area is 184 Å². The van der Waals surface area contributed by atoms with E-state index in [0.717, 1.165) is 16.7 Å². The standard InChI is InChI=1S/C26H27NO3S/c1-4-23-18-25(21-14-10-19(2)11-15-21)30-26(22-8-6-5-7-9-22)27(23)31(28,29)24-16-12-20(3)13-17-24/h4-17,23,25-26H,1,18H2,2-3H3. The summed E-state index contributed by atoms with van der Waals surface area (Å²) in [6.45, 7) is 7.94. The average molecular weight is 434 g/mol. The number of hydrogen-bond donors (Lipinski definition) is 0. The van der Waals surface area contributed by atoms with Crippen molar-refractivity contribution in [2.45, 2.75) is 43.5 Å². The van der Waals surface area contributed by atoms with E-state index in [-0.39, 0.29) is 11.0 Å². The molecule has 4 rings (SSSR count). The summed E-state index contributed by atoms with van der Waals surface area (Å²) < 4.78 is 35.4. The lowest BCUT2D eigenvalue weighted by molar-refractivity contribution is -0.125. The van der Waals surface area contributed by atoms with Crippen LogP contribution in [0.3, 0.4) is 0 Å². The number of hydrogen-bond acceptors (Lipinski definition) is 3. The zero-order valence-electron chi connectivity index (χ0n) is 17.8. The van der Waals surface area contributed by atoms with Crippen LogP contribution in [0.5, 0.6) is 0 Å². The van der Waals surface area contributed by atoms with Crippen LogP contribution in [0.15, 0.2) is 96.4 Å². The minimum atomic E-state index is -3.81. The van der Waals surface area contributed by atoms with Crippen molar-refractivity contribution in [3.05, 3.63) is 114 Å². The molecule has 1 heterocycles. The van der Waals surface area contributed by atoms with Crippen molar-refractivity contribution >= 4 is 10.0 Å². The first-order valence-electron chi connectivity index (χ1n) is 10.4. The first-order valence-corrected chi connectivity index (χ1v) is 11.8. The quantitative estimate of drug-likeness (QED) is 0.484. The van der Waals surface area contributed by atoms with E-state index in [1.807, 2.05) is 68.4 Å². The molecule has 1 saturated heterocycles. The third kappa shape index (κ3) is 4.35. The van der Waals surface area contributed by atoms with Gasteiger partial charge in [-0.2, -0.15) is 4.31 Å². The lowest BCUT2D eigenvalue weighted by Gasteiger charge is -2.43. The van der Waals surface area contributed by atoms with Gasteiger partial charge in [-0.15, -0.1) is 6.58 Å². The highest BCUT2D eigenvalue weighted by atomic mass is 32.2. The molecular weight excluding hydrogens is 406 g/mol. The zero-order chi connectivity index (χ0) is 22.0. The zero-order valence-corrected chi connectivity index (χ0v) is 18.6. The Morgan fingerprint density at radius 1 is 0.871 bits per heavy atom. The maximum atomic E-state index is 13.7. The lowest BCUT2D eigenvalue weighted by Crippen LogP contribution is -2.47. The van der Waals surface area contributed by atoms with Crippen LogP contribution >= 0.6 is 0 Å². The minimum Gasteiger partial charge on any atom is -0.350 e. The molecule has 1 fully saturated rings. The monoisotopic (exact) mass is 433 g/mol. The molecule has 0 N–H and O–H groups in total. The second kappa shape index (κ2) is 8.79. The van der Waals surface area contributed by atoms with E-state index in [9.17, 15) is 8.42 Å². The fourth-order valence-electron chi connectivity index (χ4n) is 3.94. The SMILES string of the molecule is C=CC1CC(c2ccc(C)cc2)OC(c2ccccc2)N1S(=O)(=O)c1ccc(C)cc1. The molecule has 3 atom stereocenters. The molecule has 3 unspecified atom stereocenters. The molecule has 0 aromatic heterocycles. The van der Waals surface area contributed by atoms with Crippen molar-refractivity contribution in [3.63, 3.8) is 0 Å². The Hall–Kier alpha value is -2.73.